The summed E-state index contributed by atoms with van der Waals surface area (Å²) < 4.78 is 10.7. The molecule has 0 aromatic heterocycles. The fourth-order valence-electron chi connectivity index (χ4n) is 3.17. The van der Waals surface area contributed by atoms with E-state index in [4.69, 9.17) is 9.47 Å². The van der Waals surface area contributed by atoms with Crippen molar-refractivity contribution >= 4 is 11.9 Å². The van der Waals surface area contributed by atoms with Gasteiger partial charge in [-0.15, -0.1) is 0 Å². The molecule has 0 aliphatic heterocycles. The van der Waals surface area contributed by atoms with E-state index in [9.17, 15) is 9.59 Å². The van der Waals surface area contributed by atoms with Crippen molar-refractivity contribution in [2.45, 2.75) is 31.2 Å². The van der Waals surface area contributed by atoms with Crippen LogP contribution in [-0.4, -0.2) is 24.5 Å². The van der Waals surface area contributed by atoms with Gasteiger partial charge in [-0.1, -0.05) is 37.1 Å². The van der Waals surface area contributed by atoms with Crippen molar-refractivity contribution in [1.29, 1.82) is 0 Å². The molecule has 3 rings (SSSR count). The molecule has 0 spiro atoms. The van der Waals surface area contributed by atoms with E-state index >= 15 is 0 Å². The van der Waals surface area contributed by atoms with Crippen LogP contribution in [0.1, 0.15) is 36.0 Å². The molecular weight excluding hydrogens is 318 g/mol. The van der Waals surface area contributed by atoms with Crippen molar-refractivity contribution in [2.75, 3.05) is 7.11 Å². The van der Waals surface area contributed by atoms with E-state index in [2.05, 4.69) is 5.32 Å². The van der Waals surface area contributed by atoms with Crippen LogP contribution in [0.2, 0.25) is 0 Å². The number of nitrogens with one attached hydrogen (secondary N) is 1. The summed E-state index contributed by atoms with van der Waals surface area (Å²) in [7, 11) is 1.35. The van der Waals surface area contributed by atoms with Gasteiger partial charge in [-0.25, -0.2) is 4.79 Å². The van der Waals surface area contributed by atoms with Gasteiger partial charge in [-0.05, 0) is 43.2 Å². The van der Waals surface area contributed by atoms with Crippen molar-refractivity contribution in [3.63, 3.8) is 0 Å². The fraction of sp³-hybridized carbons (Fsp3) is 0.300. The van der Waals surface area contributed by atoms with Gasteiger partial charge in [-0.2, -0.15) is 0 Å². The summed E-state index contributed by atoms with van der Waals surface area (Å²) in [6, 6.07) is 16.3. The molecule has 0 saturated heterocycles. The fourth-order valence-corrected chi connectivity index (χ4v) is 3.17. The Balaban J connectivity index is 1.76. The van der Waals surface area contributed by atoms with Crippen molar-refractivity contribution < 1.29 is 19.1 Å². The zero-order chi connectivity index (χ0) is 17.7. The summed E-state index contributed by atoms with van der Waals surface area (Å²) in [4.78, 5) is 24.8. The van der Waals surface area contributed by atoms with Crippen molar-refractivity contribution in [2.24, 2.45) is 0 Å². The topological polar surface area (TPSA) is 64.6 Å². The maximum atomic E-state index is 12.7. The molecule has 5 heteroatoms. The smallest absolute Gasteiger partial charge is 0.331 e. The highest BCUT2D eigenvalue weighted by molar-refractivity contribution is 5.98. The summed E-state index contributed by atoms with van der Waals surface area (Å²) in [6.07, 6.45) is 3.00. The first-order valence-electron chi connectivity index (χ1n) is 8.37. The first kappa shape index (κ1) is 17.0. The highest BCUT2D eigenvalue weighted by atomic mass is 16.5. The number of hydrogen-bond acceptors (Lipinski definition) is 4. The van der Waals surface area contributed by atoms with Crippen molar-refractivity contribution in [1.82, 2.24) is 5.32 Å². The molecule has 25 heavy (non-hydrogen) atoms. The van der Waals surface area contributed by atoms with E-state index in [-0.39, 0.29) is 11.9 Å². The second-order valence-electron chi connectivity index (χ2n) is 6.18. The van der Waals surface area contributed by atoms with Crippen LogP contribution in [0, 0.1) is 0 Å². The molecule has 1 amide bonds. The Labute approximate surface area is 147 Å². The maximum absolute atomic E-state index is 12.7. The number of ether oxygens (including phenoxy) is 2. The molecule has 1 saturated carbocycles. The Hall–Kier alpha value is -2.82. The van der Waals surface area contributed by atoms with Gasteiger partial charge in [-0.3, -0.25) is 4.79 Å². The number of hydrogen-bond donors (Lipinski definition) is 1. The Morgan fingerprint density at radius 3 is 2.32 bits per heavy atom. The minimum atomic E-state index is -0.915. The lowest BCUT2D eigenvalue weighted by Gasteiger charge is -2.27. The maximum Gasteiger partial charge on any atom is 0.331 e. The van der Waals surface area contributed by atoms with Crippen LogP contribution in [0.4, 0.5) is 0 Å². The molecule has 1 aliphatic rings. The molecule has 5 nitrogen and oxygen atoms in total. The van der Waals surface area contributed by atoms with Crippen LogP contribution in [0.25, 0.3) is 0 Å². The zero-order valence-electron chi connectivity index (χ0n) is 14.2. The lowest BCUT2D eigenvalue weighted by Crippen LogP contribution is -2.53. The monoisotopic (exact) mass is 339 g/mol. The lowest BCUT2D eigenvalue weighted by molar-refractivity contribution is -0.148. The molecule has 0 heterocycles. The quantitative estimate of drug-likeness (QED) is 0.844. The van der Waals surface area contributed by atoms with E-state index < -0.39 is 5.54 Å². The van der Waals surface area contributed by atoms with Gasteiger partial charge in [0.15, 0.2) is 0 Å². The lowest BCUT2D eigenvalue weighted by atomic mass is 9.97. The Morgan fingerprint density at radius 1 is 0.960 bits per heavy atom. The number of benzene rings is 2. The number of amides is 1. The molecule has 1 N–H and O–H groups in total. The highest BCUT2D eigenvalue weighted by Crippen LogP contribution is 2.31. The molecule has 1 aliphatic carbocycles. The van der Waals surface area contributed by atoms with Crippen LogP contribution in [0.3, 0.4) is 0 Å². The second-order valence-corrected chi connectivity index (χ2v) is 6.18. The van der Waals surface area contributed by atoms with Crippen LogP contribution in [0.5, 0.6) is 11.5 Å². The highest BCUT2D eigenvalue weighted by Gasteiger charge is 2.43. The number of carbonyl (C=O) groups is 2. The molecular formula is C20H21NO4. The standard InChI is InChI=1S/C20H21NO4/c1-24-19(23)20(12-5-6-13-20)21-18(22)15-8-7-11-17(14-15)25-16-9-3-2-4-10-16/h2-4,7-11,14H,5-6,12-13H2,1H3,(H,21,22). The minimum absolute atomic E-state index is 0.300. The number of carbonyl (C=O) groups excluding carboxylic acids is 2. The van der Waals surface area contributed by atoms with Gasteiger partial charge in [0.2, 0.25) is 0 Å². The predicted molar refractivity (Wildman–Crippen MR) is 93.6 cm³/mol. The summed E-state index contributed by atoms with van der Waals surface area (Å²) >= 11 is 0. The largest absolute Gasteiger partial charge is 0.467 e. The number of rotatable bonds is 5. The molecule has 2 aromatic carbocycles. The number of esters is 1. The van der Waals surface area contributed by atoms with Crippen LogP contribution >= 0.6 is 0 Å². The number of methoxy groups -OCH3 is 1. The predicted octanol–water partition coefficient (Wildman–Crippen LogP) is 3.69. The van der Waals surface area contributed by atoms with E-state index in [0.29, 0.717) is 29.9 Å². The molecule has 130 valence electrons. The van der Waals surface area contributed by atoms with Gasteiger partial charge < -0.3 is 14.8 Å². The van der Waals surface area contributed by atoms with E-state index in [0.717, 1.165) is 12.8 Å². The zero-order valence-corrected chi connectivity index (χ0v) is 14.2. The van der Waals surface area contributed by atoms with Crippen molar-refractivity contribution in [3.05, 3.63) is 60.2 Å². The van der Waals surface area contributed by atoms with E-state index in [1.165, 1.54) is 7.11 Å². The molecule has 0 atom stereocenters. The van der Waals surface area contributed by atoms with E-state index in [1.54, 1.807) is 24.3 Å². The third-order valence-electron chi connectivity index (χ3n) is 4.46. The third-order valence-corrected chi connectivity index (χ3v) is 4.46. The molecule has 0 unspecified atom stereocenters. The van der Waals surface area contributed by atoms with Gasteiger partial charge in [0.1, 0.15) is 17.0 Å². The Bertz CT molecular complexity index is 751. The summed E-state index contributed by atoms with van der Waals surface area (Å²) in [5, 5.41) is 2.88. The Kier molecular flexibility index (Phi) is 5.03. The van der Waals surface area contributed by atoms with Gasteiger partial charge in [0.25, 0.3) is 5.91 Å². The molecule has 1 fully saturated rings. The van der Waals surface area contributed by atoms with Crippen molar-refractivity contribution in [3.8, 4) is 11.5 Å². The van der Waals surface area contributed by atoms with Gasteiger partial charge in [0, 0.05) is 5.56 Å². The average Bonchev–Trinajstić information content (AvgIpc) is 3.12. The normalized spacial score (nSPS) is 15.4. The summed E-state index contributed by atoms with van der Waals surface area (Å²) in [6.45, 7) is 0. The van der Waals surface area contributed by atoms with Crippen LogP contribution in [-0.2, 0) is 9.53 Å². The molecule has 2 aromatic rings. The molecule has 0 radical (unpaired) electrons. The van der Waals surface area contributed by atoms with Crippen LogP contribution in [0.15, 0.2) is 54.6 Å². The minimum Gasteiger partial charge on any atom is -0.467 e. The number of para-hydroxylation sites is 1. The summed E-state index contributed by atoms with van der Waals surface area (Å²) in [5.41, 5.74) is -0.467. The first-order chi connectivity index (χ1) is 12.1. The van der Waals surface area contributed by atoms with Gasteiger partial charge in [0.05, 0.1) is 7.11 Å². The second kappa shape index (κ2) is 7.38. The third kappa shape index (κ3) is 3.82. The first-order valence-corrected chi connectivity index (χ1v) is 8.37. The summed E-state index contributed by atoms with van der Waals surface area (Å²) in [5.74, 6) is 0.583. The van der Waals surface area contributed by atoms with Crippen LogP contribution < -0.4 is 10.1 Å². The van der Waals surface area contributed by atoms with Gasteiger partial charge >= 0.3 is 5.97 Å². The Morgan fingerprint density at radius 2 is 1.64 bits per heavy atom. The molecule has 0 bridgehead atoms. The SMILES string of the molecule is COC(=O)C1(NC(=O)c2cccc(Oc3ccccc3)c2)CCCC1. The average molecular weight is 339 g/mol. The van der Waals surface area contributed by atoms with E-state index in [1.807, 2.05) is 30.3 Å².